The van der Waals surface area contributed by atoms with Crippen LogP contribution < -0.4 is 4.74 Å². The lowest BCUT2D eigenvalue weighted by atomic mass is 10.1. The summed E-state index contributed by atoms with van der Waals surface area (Å²) < 4.78 is 56.7. The first kappa shape index (κ1) is 22.7. The standard InChI is InChI=1S/C18H19F3N2O5/c1-12(23-16(9-22-2)27-11-18(19,20)21)28-15-8-6-5-7-13(15)14(10-25-3)17(24)26-4/h5-10H,2,11H2,1,3-4H3/b14-10+,16-9+,23-12+. The molecule has 0 fully saturated rings. The van der Waals surface area contributed by atoms with Crippen LogP contribution >= 0.6 is 0 Å². The lowest BCUT2D eigenvalue weighted by molar-refractivity contribution is -0.165. The minimum absolute atomic E-state index is 0.0637. The van der Waals surface area contributed by atoms with Crippen molar-refractivity contribution in [2.24, 2.45) is 9.98 Å². The number of halogens is 3. The molecule has 0 bridgehead atoms. The number of carbonyl (C=O) groups excluding carboxylic acids is 1. The summed E-state index contributed by atoms with van der Waals surface area (Å²) in [5.74, 6) is -0.981. The van der Waals surface area contributed by atoms with Crippen LogP contribution in [0.1, 0.15) is 12.5 Å². The van der Waals surface area contributed by atoms with Gasteiger partial charge in [0.05, 0.1) is 26.7 Å². The number of rotatable bonds is 8. The van der Waals surface area contributed by atoms with Gasteiger partial charge in [-0.05, 0) is 12.8 Å². The molecule has 0 amide bonds. The Balaban J connectivity index is 3.14. The summed E-state index contributed by atoms with van der Waals surface area (Å²) >= 11 is 0. The lowest BCUT2D eigenvalue weighted by Crippen LogP contribution is -2.17. The molecule has 0 heterocycles. The molecule has 0 aliphatic rings. The van der Waals surface area contributed by atoms with E-state index in [1.54, 1.807) is 18.2 Å². The Morgan fingerprint density at radius 1 is 1.25 bits per heavy atom. The van der Waals surface area contributed by atoms with Crippen LogP contribution in [-0.4, -0.2) is 45.6 Å². The molecule has 0 saturated carbocycles. The van der Waals surface area contributed by atoms with Gasteiger partial charge >= 0.3 is 12.1 Å². The molecule has 0 N–H and O–H groups in total. The number of esters is 1. The van der Waals surface area contributed by atoms with Crippen LogP contribution in [0.25, 0.3) is 5.57 Å². The third kappa shape index (κ3) is 7.52. The van der Waals surface area contributed by atoms with Crippen molar-refractivity contribution < 1.29 is 36.9 Å². The average molecular weight is 400 g/mol. The maximum atomic E-state index is 12.3. The van der Waals surface area contributed by atoms with E-state index in [4.69, 9.17) is 14.2 Å². The fraction of sp³-hybridized carbons (Fsp3) is 0.278. The molecule has 152 valence electrons. The number of para-hydroxylation sites is 1. The van der Waals surface area contributed by atoms with Gasteiger partial charge in [-0.2, -0.15) is 18.2 Å². The predicted molar refractivity (Wildman–Crippen MR) is 96.8 cm³/mol. The summed E-state index contributed by atoms with van der Waals surface area (Å²) in [5.41, 5.74) is 0.402. The van der Waals surface area contributed by atoms with E-state index in [2.05, 4.69) is 21.4 Å². The molecule has 28 heavy (non-hydrogen) atoms. The Morgan fingerprint density at radius 2 is 1.93 bits per heavy atom. The number of aliphatic imine (C=N–C) groups is 2. The number of methoxy groups -OCH3 is 2. The molecule has 10 heteroatoms. The molecular weight excluding hydrogens is 381 g/mol. The number of nitrogens with zero attached hydrogens (tertiary/aromatic N) is 2. The number of hydrogen-bond donors (Lipinski definition) is 0. The van der Waals surface area contributed by atoms with E-state index in [1.807, 2.05) is 0 Å². The van der Waals surface area contributed by atoms with Crippen LogP contribution in [0.5, 0.6) is 5.75 Å². The predicted octanol–water partition coefficient (Wildman–Crippen LogP) is 3.72. The molecule has 7 nitrogen and oxygen atoms in total. The highest BCUT2D eigenvalue weighted by molar-refractivity contribution is 6.17. The number of ether oxygens (including phenoxy) is 4. The van der Waals surface area contributed by atoms with Crippen LogP contribution in [0.3, 0.4) is 0 Å². The van der Waals surface area contributed by atoms with Gasteiger partial charge in [0.1, 0.15) is 11.3 Å². The van der Waals surface area contributed by atoms with Gasteiger partial charge in [0, 0.05) is 12.5 Å². The summed E-state index contributed by atoms with van der Waals surface area (Å²) in [6.07, 6.45) is -2.45. The first-order chi connectivity index (χ1) is 13.2. The fourth-order valence-electron chi connectivity index (χ4n) is 1.90. The third-order valence-corrected chi connectivity index (χ3v) is 2.93. The van der Waals surface area contributed by atoms with Crippen LogP contribution in [0.2, 0.25) is 0 Å². The van der Waals surface area contributed by atoms with Gasteiger partial charge in [-0.3, -0.25) is 4.99 Å². The molecule has 0 aliphatic carbocycles. The minimum atomic E-state index is -4.54. The van der Waals surface area contributed by atoms with Gasteiger partial charge in [0.2, 0.25) is 5.88 Å². The highest BCUT2D eigenvalue weighted by atomic mass is 19.4. The Labute approximate surface area is 159 Å². The molecule has 1 rings (SSSR count). The fourth-order valence-corrected chi connectivity index (χ4v) is 1.90. The topological polar surface area (TPSA) is 78.7 Å². The number of carbonyl (C=O) groups is 1. The molecule has 0 unspecified atom stereocenters. The van der Waals surface area contributed by atoms with E-state index in [9.17, 15) is 18.0 Å². The molecule has 1 aromatic rings. The third-order valence-electron chi connectivity index (χ3n) is 2.93. The maximum Gasteiger partial charge on any atom is 0.422 e. The summed E-state index contributed by atoms with van der Waals surface area (Å²) in [5, 5.41) is 0. The molecular formula is C18H19F3N2O5. The van der Waals surface area contributed by atoms with Crippen molar-refractivity contribution in [2.45, 2.75) is 13.1 Å². The van der Waals surface area contributed by atoms with Gasteiger partial charge in [-0.25, -0.2) is 4.79 Å². The van der Waals surface area contributed by atoms with E-state index in [1.165, 1.54) is 33.5 Å². The zero-order valence-electron chi connectivity index (χ0n) is 15.4. The van der Waals surface area contributed by atoms with Crippen LogP contribution in [0.4, 0.5) is 13.2 Å². The van der Waals surface area contributed by atoms with Crippen LogP contribution in [0.15, 0.2) is 52.6 Å². The monoisotopic (exact) mass is 400 g/mol. The largest absolute Gasteiger partial charge is 0.503 e. The van der Waals surface area contributed by atoms with Gasteiger partial charge < -0.3 is 18.9 Å². The van der Waals surface area contributed by atoms with Crippen molar-refractivity contribution in [3.8, 4) is 5.75 Å². The Kier molecular flexibility index (Phi) is 8.73. The second-order valence-corrected chi connectivity index (χ2v) is 5.04. The van der Waals surface area contributed by atoms with E-state index < -0.39 is 24.6 Å². The molecule has 0 spiro atoms. The normalized spacial score (nSPS) is 13.0. The second kappa shape index (κ2) is 10.8. The summed E-state index contributed by atoms with van der Waals surface area (Å²) in [7, 11) is 2.57. The zero-order chi connectivity index (χ0) is 21.2. The molecule has 0 saturated heterocycles. The van der Waals surface area contributed by atoms with Crippen LogP contribution in [-0.2, 0) is 19.0 Å². The van der Waals surface area contributed by atoms with Crippen LogP contribution in [0, 0.1) is 0 Å². The molecule has 0 atom stereocenters. The maximum absolute atomic E-state index is 12.3. The molecule has 0 aromatic heterocycles. The Bertz CT molecular complexity index is 786. The van der Waals surface area contributed by atoms with Gasteiger partial charge in [-0.1, -0.05) is 18.2 Å². The van der Waals surface area contributed by atoms with Crippen molar-refractivity contribution in [2.75, 3.05) is 20.8 Å². The van der Waals surface area contributed by atoms with E-state index in [-0.39, 0.29) is 17.2 Å². The molecule has 0 radical (unpaired) electrons. The number of benzene rings is 1. The number of hydrogen-bond acceptors (Lipinski definition) is 7. The second-order valence-electron chi connectivity index (χ2n) is 5.04. The van der Waals surface area contributed by atoms with E-state index in [0.29, 0.717) is 5.56 Å². The van der Waals surface area contributed by atoms with Crippen molar-refractivity contribution in [1.82, 2.24) is 0 Å². The van der Waals surface area contributed by atoms with Crippen molar-refractivity contribution in [3.05, 3.63) is 48.2 Å². The smallest absolute Gasteiger partial charge is 0.422 e. The number of alkyl halides is 3. The lowest BCUT2D eigenvalue weighted by Gasteiger charge is -2.13. The van der Waals surface area contributed by atoms with Gasteiger partial charge in [-0.15, -0.1) is 0 Å². The summed E-state index contributed by atoms with van der Waals surface area (Å²) in [4.78, 5) is 19.1. The van der Waals surface area contributed by atoms with Gasteiger partial charge in [0.25, 0.3) is 0 Å². The SMILES string of the molecule is C=N/C=C(\N=C(/C)Oc1ccccc1/C(=C\OC)C(=O)OC)OCC(F)(F)F. The van der Waals surface area contributed by atoms with Crippen molar-refractivity contribution >= 4 is 24.2 Å². The first-order valence-corrected chi connectivity index (χ1v) is 7.71. The average Bonchev–Trinajstić information content (AvgIpc) is 2.64. The van der Waals surface area contributed by atoms with Crippen molar-refractivity contribution in [3.63, 3.8) is 0 Å². The Morgan fingerprint density at radius 3 is 2.50 bits per heavy atom. The molecule has 0 aliphatic heterocycles. The minimum Gasteiger partial charge on any atom is -0.503 e. The van der Waals surface area contributed by atoms with E-state index >= 15 is 0 Å². The summed E-state index contributed by atoms with van der Waals surface area (Å²) in [6.45, 7) is 2.99. The van der Waals surface area contributed by atoms with E-state index in [0.717, 1.165) is 6.20 Å². The Hall–Kier alpha value is -3.30. The summed E-state index contributed by atoms with van der Waals surface area (Å²) in [6, 6.07) is 6.40. The quantitative estimate of drug-likeness (QED) is 0.218. The molecule has 1 aromatic carbocycles. The zero-order valence-corrected chi connectivity index (χ0v) is 15.4. The van der Waals surface area contributed by atoms with Gasteiger partial charge in [0.15, 0.2) is 12.5 Å². The highest BCUT2D eigenvalue weighted by Crippen LogP contribution is 2.27. The highest BCUT2D eigenvalue weighted by Gasteiger charge is 2.29. The first-order valence-electron chi connectivity index (χ1n) is 7.71. The van der Waals surface area contributed by atoms with Crippen molar-refractivity contribution in [1.29, 1.82) is 0 Å².